The van der Waals surface area contributed by atoms with Crippen LogP contribution in [0.15, 0.2) is 0 Å². The molecule has 0 bridgehead atoms. The Hall–Kier alpha value is 0.400. The molecule has 2 unspecified atom stereocenters. The molecule has 1 heterocycles. The lowest BCUT2D eigenvalue weighted by molar-refractivity contribution is 0.181. The van der Waals surface area contributed by atoms with E-state index in [0.29, 0.717) is 18.6 Å². The van der Waals surface area contributed by atoms with Gasteiger partial charge in [-0.05, 0) is 25.8 Å². The summed E-state index contributed by atoms with van der Waals surface area (Å²) in [5, 5.41) is 10.0. The topological polar surface area (TPSA) is 23.5 Å². The summed E-state index contributed by atoms with van der Waals surface area (Å²) in [6, 6.07) is 0.567. The van der Waals surface area contributed by atoms with Gasteiger partial charge in [-0.15, -0.1) is 0 Å². The predicted octanol–water partition coefficient (Wildman–Crippen LogP) is 1.08. The highest BCUT2D eigenvalue weighted by Gasteiger charge is 2.28. The standard InChI is InChI=1S/C8H16BrNO/c1-7-8(6-11)2-4-10(7)5-3-9/h7-8,11H,2-6H2,1H3. The van der Waals surface area contributed by atoms with E-state index in [4.69, 9.17) is 5.11 Å². The highest BCUT2D eigenvalue weighted by Crippen LogP contribution is 2.22. The van der Waals surface area contributed by atoms with Crippen molar-refractivity contribution >= 4 is 15.9 Å². The van der Waals surface area contributed by atoms with E-state index >= 15 is 0 Å². The van der Waals surface area contributed by atoms with Crippen LogP contribution in [0.2, 0.25) is 0 Å². The zero-order valence-electron chi connectivity index (χ0n) is 6.96. The first-order valence-corrected chi connectivity index (χ1v) is 5.32. The van der Waals surface area contributed by atoms with Crippen LogP contribution in [0, 0.1) is 5.92 Å². The molecule has 0 spiro atoms. The summed E-state index contributed by atoms with van der Waals surface area (Å²) >= 11 is 3.42. The molecular formula is C8H16BrNO. The Morgan fingerprint density at radius 1 is 1.64 bits per heavy atom. The number of alkyl halides is 1. The first-order chi connectivity index (χ1) is 5.29. The molecule has 0 aromatic heterocycles. The SMILES string of the molecule is CC1C(CO)CCN1CCBr. The third-order valence-corrected chi connectivity index (χ3v) is 3.01. The van der Waals surface area contributed by atoms with Crippen LogP contribution in [0.1, 0.15) is 13.3 Å². The van der Waals surface area contributed by atoms with Crippen molar-refractivity contribution in [1.29, 1.82) is 0 Å². The van der Waals surface area contributed by atoms with Crippen LogP contribution in [0.4, 0.5) is 0 Å². The highest BCUT2D eigenvalue weighted by atomic mass is 79.9. The quantitative estimate of drug-likeness (QED) is 0.722. The fourth-order valence-electron chi connectivity index (χ4n) is 1.74. The number of likely N-dealkylation sites (tertiary alicyclic amines) is 1. The summed E-state index contributed by atoms with van der Waals surface area (Å²) < 4.78 is 0. The second-order valence-electron chi connectivity index (χ2n) is 3.20. The molecule has 1 rings (SSSR count). The minimum absolute atomic E-state index is 0.347. The number of aliphatic hydroxyl groups is 1. The van der Waals surface area contributed by atoms with Crippen molar-refractivity contribution in [3.8, 4) is 0 Å². The second kappa shape index (κ2) is 4.43. The minimum Gasteiger partial charge on any atom is -0.396 e. The zero-order chi connectivity index (χ0) is 8.27. The average molecular weight is 222 g/mol. The number of rotatable bonds is 3. The Kier molecular flexibility index (Phi) is 3.82. The molecule has 3 heteroatoms. The molecule has 0 amide bonds. The summed E-state index contributed by atoms with van der Waals surface area (Å²) in [6.07, 6.45) is 1.16. The van der Waals surface area contributed by atoms with Crippen LogP contribution in [-0.2, 0) is 0 Å². The Morgan fingerprint density at radius 3 is 2.82 bits per heavy atom. The number of hydrogen-bond donors (Lipinski definition) is 1. The predicted molar refractivity (Wildman–Crippen MR) is 50.0 cm³/mol. The van der Waals surface area contributed by atoms with Crippen LogP contribution >= 0.6 is 15.9 Å². The van der Waals surface area contributed by atoms with Gasteiger partial charge in [0.1, 0.15) is 0 Å². The first kappa shape index (κ1) is 9.49. The van der Waals surface area contributed by atoms with Crippen molar-refractivity contribution in [2.45, 2.75) is 19.4 Å². The van der Waals surface area contributed by atoms with Gasteiger partial charge in [0.15, 0.2) is 0 Å². The van der Waals surface area contributed by atoms with Crippen molar-refractivity contribution < 1.29 is 5.11 Å². The van der Waals surface area contributed by atoms with E-state index in [1.807, 2.05) is 0 Å². The fourth-order valence-corrected chi connectivity index (χ4v) is 2.20. The van der Waals surface area contributed by atoms with Gasteiger partial charge >= 0.3 is 0 Å². The Bertz CT molecular complexity index is 121. The maximum Gasteiger partial charge on any atom is 0.0474 e. The summed E-state index contributed by atoms with van der Waals surface area (Å²) in [5.74, 6) is 0.508. The van der Waals surface area contributed by atoms with Crippen LogP contribution in [0.25, 0.3) is 0 Å². The Balaban J connectivity index is 2.35. The fraction of sp³-hybridized carbons (Fsp3) is 1.00. The van der Waals surface area contributed by atoms with E-state index in [0.717, 1.165) is 24.8 Å². The molecule has 0 radical (unpaired) electrons. The molecule has 0 aliphatic carbocycles. The lowest BCUT2D eigenvalue weighted by Crippen LogP contribution is -2.32. The van der Waals surface area contributed by atoms with Crippen LogP contribution < -0.4 is 0 Å². The van der Waals surface area contributed by atoms with E-state index in [1.54, 1.807) is 0 Å². The van der Waals surface area contributed by atoms with Gasteiger partial charge in [0.2, 0.25) is 0 Å². The normalized spacial score (nSPS) is 33.0. The maximum atomic E-state index is 8.98. The molecule has 0 aromatic carbocycles. The zero-order valence-corrected chi connectivity index (χ0v) is 8.55. The van der Waals surface area contributed by atoms with Crippen molar-refractivity contribution in [2.24, 2.45) is 5.92 Å². The average Bonchev–Trinajstić information content (AvgIpc) is 2.34. The smallest absolute Gasteiger partial charge is 0.0474 e. The van der Waals surface area contributed by atoms with E-state index in [-0.39, 0.29) is 0 Å². The first-order valence-electron chi connectivity index (χ1n) is 4.20. The summed E-state index contributed by atoms with van der Waals surface area (Å²) in [4.78, 5) is 2.43. The third-order valence-electron chi connectivity index (χ3n) is 2.65. The van der Waals surface area contributed by atoms with Gasteiger partial charge in [-0.25, -0.2) is 0 Å². The summed E-state index contributed by atoms with van der Waals surface area (Å²) in [5.41, 5.74) is 0. The van der Waals surface area contributed by atoms with E-state index in [9.17, 15) is 0 Å². The molecule has 2 nitrogen and oxygen atoms in total. The number of nitrogens with zero attached hydrogens (tertiary/aromatic N) is 1. The largest absolute Gasteiger partial charge is 0.396 e. The van der Waals surface area contributed by atoms with E-state index < -0.39 is 0 Å². The lowest BCUT2D eigenvalue weighted by Gasteiger charge is -2.22. The maximum absolute atomic E-state index is 8.98. The Labute approximate surface area is 76.7 Å². The number of hydrogen-bond acceptors (Lipinski definition) is 2. The summed E-state index contributed by atoms with van der Waals surface area (Å²) in [7, 11) is 0. The van der Waals surface area contributed by atoms with Crippen molar-refractivity contribution in [3.05, 3.63) is 0 Å². The molecular weight excluding hydrogens is 206 g/mol. The van der Waals surface area contributed by atoms with E-state index in [2.05, 4.69) is 27.8 Å². The molecule has 66 valence electrons. The van der Waals surface area contributed by atoms with Gasteiger partial charge < -0.3 is 5.11 Å². The van der Waals surface area contributed by atoms with Gasteiger partial charge in [0.25, 0.3) is 0 Å². The van der Waals surface area contributed by atoms with Crippen LogP contribution in [0.3, 0.4) is 0 Å². The summed E-state index contributed by atoms with van der Waals surface area (Å²) in [6.45, 7) is 4.81. The molecule has 0 saturated carbocycles. The second-order valence-corrected chi connectivity index (χ2v) is 3.99. The van der Waals surface area contributed by atoms with Crippen molar-refractivity contribution in [3.63, 3.8) is 0 Å². The molecule has 1 aliphatic heterocycles. The van der Waals surface area contributed by atoms with Gasteiger partial charge in [0, 0.05) is 24.5 Å². The number of aliphatic hydroxyl groups excluding tert-OH is 1. The highest BCUT2D eigenvalue weighted by molar-refractivity contribution is 9.09. The van der Waals surface area contributed by atoms with Crippen molar-refractivity contribution in [2.75, 3.05) is 25.0 Å². The number of halogens is 1. The molecule has 1 N–H and O–H groups in total. The molecule has 1 fully saturated rings. The lowest BCUT2D eigenvalue weighted by atomic mass is 10.0. The van der Waals surface area contributed by atoms with E-state index in [1.165, 1.54) is 0 Å². The van der Waals surface area contributed by atoms with Gasteiger partial charge in [0.05, 0.1) is 0 Å². The van der Waals surface area contributed by atoms with Gasteiger partial charge in [-0.2, -0.15) is 0 Å². The third kappa shape index (κ3) is 2.17. The van der Waals surface area contributed by atoms with Crippen molar-refractivity contribution in [1.82, 2.24) is 4.90 Å². The van der Waals surface area contributed by atoms with Gasteiger partial charge in [-0.3, -0.25) is 4.90 Å². The van der Waals surface area contributed by atoms with Gasteiger partial charge in [-0.1, -0.05) is 15.9 Å². The molecule has 0 aromatic rings. The molecule has 1 saturated heterocycles. The monoisotopic (exact) mass is 221 g/mol. The Morgan fingerprint density at radius 2 is 2.36 bits per heavy atom. The molecule has 2 atom stereocenters. The van der Waals surface area contributed by atoms with Crippen LogP contribution in [0.5, 0.6) is 0 Å². The minimum atomic E-state index is 0.347. The molecule has 11 heavy (non-hydrogen) atoms. The molecule has 1 aliphatic rings. The van der Waals surface area contributed by atoms with Crippen LogP contribution in [-0.4, -0.2) is 41.1 Å².